The summed E-state index contributed by atoms with van der Waals surface area (Å²) >= 11 is 1.46. The molecular formula is C20H26FN5OS. The number of hydrogen-bond acceptors (Lipinski definition) is 5. The van der Waals surface area contributed by atoms with E-state index >= 15 is 0 Å². The number of benzene rings is 1. The molecule has 0 N–H and O–H groups in total. The number of nitrogens with zero attached hydrogens (tertiary/aromatic N) is 5. The summed E-state index contributed by atoms with van der Waals surface area (Å²) in [7, 11) is 1.79. The summed E-state index contributed by atoms with van der Waals surface area (Å²) in [5.41, 5.74) is 0.916. The van der Waals surface area contributed by atoms with E-state index in [1.165, 1.54) is 36.7 Å². The summed E-state index contributed by atoms with van der Waals surface area (Å²) < 4.78 is 15.4. The molecule has 1 amide bonds. The molecule has 1 aliphatic carbocycles. The van der Waals surface area contributed by atoms with Gasteiger partial charge in [-0.1, -0.05) is 23.9 Å². The van der Waals surface area contributed by atoms with E-state index in [0.29, 0.717) is 11.8 Å². The largest absolute Gasteiger partial charge is 0.341 e. The van der Waals surface area contributed by atoms with E-state index in [1.54, 1.807) is 24.1 Å². The van der Waals surface area contributed by atoms with Gasteiger partial charge in [0.1, 0.15) is 5.82 Å². The number of amides is 1. The molecule has 4 rings (SSSR count). The Bertz CT molecular complexity index is 830. The van der Waals surface area contributed by atoms with Crippen molar-refractivity contribution in [3.63, 3.8) is 0 Å². The highest BCUT2D eigenvalue weighted by Gasteiger charge is 2.32. The number of rotatable bonds is 7. The van der Waals surface area contributed by atoms with Crippen molar-refractivity contribution >= 4 is 23.6 Å². The molecule has 1 aliphatic heterocycles. The molecule has 1 saturated carbocycles. The highest BCUT2D eigenvalue weighted by Crippen LogP contribution is 2.41. The average Bonchev–Trinajstić information content (AvgIpc) is 3.22. The van der Waals surface area contributed by atoms with Crippen molar-refractivity contribution in [2.45, 2.75) is 49.8 Å². The predicted octanol–water partition coefficient (Wildman–Crippen LogP) is 3.66. The third-order valence-corrected chi connectivity index (χ3v) is 6.53. The minimum atomic E-state index is -0.270. The van der Waals surface area contributed by atoms with Gasteiger partial charge in [-0.25, -0.2) is 4.39 Å². The maximum Gasteiger partial charge on any atom is 0.233 e. The smallest absolute Gasteiger partial charge is 0.233 e. The van der Waals surface area contributed by atoms with Crippen LogP contribution in [0.1, 0.15) is 50.3 Å². The van der Waals surface area contributed by atoms with E-state index in [-0.39, 0.29) is 17.8 Å². The van der Waals surface area contributed by atoms with Gasteiger partial charge in [0.15, 0.2) is 5.16 Å². The van der Waals surface area contributed by atoms with Crippen LogP contribution in [0, 0.1) is 5.82 Å². The first-order valence-corrected chi connectivity index (χ1v) is 10.9. The lowest BCUT2D eigenvalue weighted by molar-refractivity contribution is -0.128. The second-order valence-corrected chi connectivity index (χ2v) is 8.54. The van der Waals surface area contributed by atoms with Crippen LogP contribution in [0.5, 0.6) is 0 Å². The van der Waals surface area contributed by atoms with E-state index < -0.39 is 0 Å². The number of hydrogen-bond donors (Lipinski definition) is 0. The van der Waals surface area contributed by atoms with Gasteiger partial charge in [0.25, 0.3) is 0 Å². The molecule has 2 heterocycles. The van der Waals surface area contributed by atoms with Gasteiger partial charge < -0.3 is 9.80 Å². The fourth-order valence-corrected chi connectivity index (χ4v) is 4.49. The third kappa shape index (κ3) is 4.01. The second-order valence-electron chi connectivity index (χ2n) is 7.60. The number of aromatic nitrogens is 3. The predicted molar refractivity (Wildman–Crippen MR) is 108 cm³/mol. The molecule has 2 aromatic rings. The molecule has 0 spiro atoms. The molecule has 6 nitrogen and oxygen atoms in total. The Morgan fingerprint density at radius 2 is 1.93 bits per heavy atom. The van der Waals surface area contributed by atoms with Gasteiger partial charge in [-0.2, -0.15) is 0 Å². The molecule has 0 radical (unpaired) electrons. The van der Waals surface area contributed by atoms with Gasteiger partial charge in [0.2, 0.25) is 11.9 Å². The van der Waals surface area contributed by atoms with Crippen molar-refractivity contribution < 1.29 is 9.18 Å². The number of carbonyl (C=O) groups excluding carboxylic acids is 1. The SMILES string of the molecule is CC(c1ccc(F)cc1)N(C)C(=O)CSc1nnc(N2CCCC2)n1C1CC1. The summed E-state index contributed by atoms with van der Waals surface area (Å²) in [5.74, 6) is 1.03. The van der Waals surface area contributed by atoms with Gasteiger partial charge in [-0.05, 0) is 50.3 Å². The lowest BCUT2D eigenvalue weighted by atomic mass is 10.1. The Morgan fingerprint density at radius 1 is 1.25 bits per heavy atom. The topological polar surface area (TPSA) is 54.3 Å². The van der Waals surface area contributed by atoms with Gasteiger partial charge in [0.05, 0.1) is 11.8 Å². The molecule has 1 atom stereocenters. The molecule has 2 fully saturated rings. The molecule has 28 heavy (non-hydrogen) atoms. The summed E-state index contributed by atoms with van der Waals surface area (Å²) in [5, 5.41) is 9.65. The van der Waals surface area contributed by atoms with Crippen LogP contribution in [0.4, 0.5) is 10.3 Å². The van der Waals surface area contributed by atoms with Gasteiger partial charge in [-0.15, -0.1) is 10.2 Å². The van der Waals surface area contributed by atoms with E-state index in [2.05, 4.69) is 19.7 Å². The van der Waals surface area contributed by atoms with Crippen molar-refractivity contribution in [3.05, 3.63) is 35.6 Å². The minimum absolute atomic E-state index is 0.0231. The minimum Gasteiger partial charge on any atom is -0.341 e. The Labute approximate surface area is 169 Å². The lowest BCUT2D eigenvalue weighted by Crippen LogP contribution is -2.31. The molecular weight excluding hydrogens is 377 g/mol. The van der Waals surface area contributed by atoms with E-state index in [9.17, 15) is 9.18 Å². The van der Waals surface area contributed by atoms with Crippen LogP contribution >= 0.6 is 11.8 Å². The molecule has 150 valence electrons. The van der Waals surface area contributed by atoms with Crippen molar-refractivity contribution in [2.75, 3.05) is 30.8 Å². The average molecular weight is 404 g/mol. The summed E-state index contributed by atoms with van der Waals surface area (Å²) in [4.78, 5) is 16.7. The zero-order valence-corrected chi connectivity index (χ0v) is 17.2. The van der Waals surface area contributed by atoms with Crippen LogP contribution in [0.3, 0.4) is 0 Å². The molecule has 1 aromatic carbocycles. The Kier molecular flexibility index (Phi) is 5.57. The van der Waals surface area contributed by atoms with Gasteiger partial charge in [-0.3, -0.25) is 9.36 Å². The second kappa shape index (κ2) is 8.11. The number of thioether (sulfide) groups is 1. The molecule has 0 bridgehead atoms. The Hall–Kier alpha value is -2.09. The van der Waals surface area contributed by atoms with Crippen LogP contribution in [0.15, 0.2) is 29.4 Å². The number of carbonyl (C=O) groups is 1. The molecule has 2 aliphatic rings. The Morgan fingerprint density at radius 3 is 2.57 bits per heavy atom. The maximum atomic E-state index is 13.1. The standard InChI is InChI=1S/C20H26FN5OS/c1-14(15-5-7-16(21)8-6-15)24(2)18(27)13-28-20-23-22-19(25-11-3-4-12-25)26(20)17-9-10-17/h5-8,14,17H,3-4,9-13H2,1-2H3. The fraction of sp³-hybridized carbons (Fsp3) is 0.550. The van der Waals surface area contributed by atoms with Crippen LogP contribution in [-0.4, -0.2) is 51.5 Å². The van der Waals surface area contributed by atoms with Gasteiger partial charge >= 0.3 is 0 Å². The first-order chi connectivity index (χ1) is 13.5. The maximum absolute atomic E-state index is 13.1. The Balaban J connectivity index is 1.41. The summed E-state index contributed by atoms with van der Waals surface area (Å²) in [6, 6.07) is 6.66. The quantitative estimate of drug-likeness (QED) is 0.661. The first-order valence-electron chi connectivity index (χ1n) is 9.88. The van der Waals surface area contributed by atoms with E-state index in [4.69, 9.17) is 0 Å². The number of anilines is 1. The molecule has 1 saturated heterocycles. The molecule has 8 heteroatoms. The van der Waals surface area contributed by atoms with Crippen molar-refractivity contribution in [2.24, 2.45) is 0 Å². The fourth-order valence-electron chi connectivity index (χ4n) is 3.56. The normalized spacial score (nSPS) is 17.8. The van der Waals surface area contributed by atoms with Crippen LogP contribution in [-0.2, 0) is 4.79 Å². The monoisotopic (exact) mass is 403 g/mol. The molecule has 1 unspecified atom stereocenters. The van der Waals surface area contributed by atoms with E-state index in [0.717, 1.165) is 42.6 Å². The summed E-state index contributed by atoms with van der Waals surface area (Å²) in [6.45, 7) is 4.02. The zero-order chi connectivity index (χ0) is 19.7. The first kappa shape index (κ1) is 19.2. The van der Waals surface area contributed by atoms with Crippen LogP contribution in [0.25, 0.3) is 0 Å². The molecule has 1 aromatic heterocycles. The van der Waals surface area contributed by atoms with Crippen molar-refractivity contribution in [1.29, 1.82) is 0 Å². The van der Waals surface area contributed by atoms with E-state index in [1.807, 2.05) is 6.92 Å². The van der Waals surface area contributed by atoms with Crippen LogP contribution < -0.4 is 4.90 Å². The summed E-state index contributed by atoms with van der Waals surface area (Å²) in [6.07, 6.45) is 4.71. The highest BCUT2D eigenvalue weighted by atomic mass is 32.2. The third-order valence-electron chi connectivity index (χ3n) is 5.60. The van der Waals surface area contributed by atoms with Gasteiger partial charge in [0, 0.05) is 26.2 Å². The van der Waals surface area contributed by atoms with Crippen molar-refractivity contribution in [3.8, 4) is 0 Å². The van der Waals surface area contributed by atoms with Crippen molar-refractivity contribution in [1.82, 2.24) is 19.7 Å². The van der Waals surface area contributed by atoms with Crippen LogP contribution in [0.2, 0.25) is 0 Å². The zero-order valence-electron chi connectivity index (χ0n) is 16.3. The highest BCUT2D eigenvalue weighted by molar-refractivity contribution is 7.99. The number of halogens is 1. The lowest BCUT2D eigenvalue weighted by Gasteiger charge is -2.25.